The number of halogens is 2. The first-order chi connectivity index (χ1) is 19.9. The molecule has 4 aliphatic rings. The minimum Gasteiger partial charge on any atom is -0.481 e. The summed E-state index contributed by atoms with van der Waals surface area (Å²) in [6, 6.07) is 7.05. The van der Waals surface area contributed by atoms with Gasteiger partial charge in [0, 0.05) is 53.7 Å². The number of hydrogen-bond donors (Lipinski definition) is 3. The first-order valence-electron chi connectivity index (χ1n) is 15.0. The van der Waals surface area contributed by atoms with Crippen molar-refractivity contribution in [1.29, 1.82) is 0 Å². The minimum absolute atomic E-state index is 0.00154. The minimum atomic E-state index is -1.73. The van der Waals surface area contributed by atoms with Crippen LogP contribution in [0.15, 0.2) is 48.1 Å². The van der Waals surface area contributed by atoms with E-state index in [1.54, 1.807) is 24.3 Å². The Labute approximate surface area is 257 Å². The number of carbonyl (C=O) groups excluding carboxylic acids is 2. The number of hydrogen-bond acceptors (Lipinski definition) is 6. The predicted molar refractivity (Wildman–Crippen MR) is 163 cm³/mol. The number of aliphatic carboxylic acids is 1. The molecule has 8 atom stereocenters. The number of nitrogens with zero attached hydrogens (tertiary/aromatic N) is 1. The Morgan fingerprint density at radius 3 is 2.38 bits per heavy atom. The van der Waals surface area contributed by atoms with Crippen LogP contribution in [-0.2, 0) is 14.4 Å². The summed E-state index contributed by atoms with van der Waals surface area (Å²) < 4.78 is 0. The second kappa shape index (κ2) is 11.7. The molecule has 3 fully saturated rings. The number of Topliss-reactive ketones (excluding diaryl/α,β-unsaturated/α-hetero) is 1. The van der Waals surface area contributed by atoms with Gasteiger partial charge in [0.2, 0.25) is 0 Å². The number of anilines is 1. The van der Waals surface area contributed by atoms with Crippen molar-refractivity contribution in [3.8, 4) is 0 Å². The molecule has 42 heavy (non-hydrogen) atoms. The summed E-state index contributed by atoms with van der Waals surface area (Å²) in [7, 11) is 0. The van der Waals surface area contributed by atoms with Gasteiger partial charge < -0.3 is 20.2 Å². The van der Waals surface area contributed by atoms with Gasteiger partial charge in [-0.2, -0.15) is 0 Å². The average molecular weight is 619 g/mol. The Hall–Kier alpha value is -2.19. The van der Waals surface area contributed by atoms with Crippen molar-refractivity contribution in [2.75, 3.05) is 29.7 Å². The Balaban J connectivity index is 1.38. The molecule has 5 rings (SSSR count). The van der Waals surface area contributed by atoms with Crippen LogP contribution in [0, 0.1) is 28.6 Å². The summed E-state index contributed by atoms with van der Waals surface area (Å²) in [5.74, 6) is -1.93. The SMILES string of the molecule is C[C@]12C=CC(=O)C=C1CC[C@@H]1[C@@H]2C(O)C[C@@]2(C)[C@H]1CC[C@]2(O)C(=O)CC(C(=O)O)c1ccc(N(CCCl)CCCl)cc1. The molecule has 0 spiro atoms. The van der Waals surface area contributed by atoms with Gasteiger partial charge in [-0.25, -0.2) is 0 Å². The van der Waals surface area contributed by atoms with E-state index < -0.39 is 40.2 Å². The highest BCUT2D eigenvalue weighted by Gasteiger charge is 2.68. The van der Waals surface area contributed by atoms with Crippen molar-refractivity contribution < 1.29 is 29.7 Å². The molecule has 4 aliphatic carbocycles. The number of ketones is 2. The standard InChI is InChI=1S/C33H41Cl2NO6/c1-31-11-9-23(37)17-21(31)5-8-24-26-10-12-33(42,32(26,2)19-27(38)29(24)31)28(39)18-25(30(40)41)20-3-6-22(7-4-20)36(15-13-34)16-14-35/h3-4,6-7,9,11,17,24-27,29,38,42H,5,8,10,12-16,18-19H2,1-2H3,(H,40,41)/t24-,25?,26-,27?,29+,31-,32-,33-/m0/s1. The molecule has 7 nitrogen and oxygen atoms in total. The number of carboxylic acids is 1. The van der Waals surface area contributed by atoms with E-state index in [2.05, 4.69) is 6.92 Å². The highest BCUT2D eigenvalue weighted by molar-refractivity contribution is 6.18. The lowest BCUT2D eigenvalue weighted by molar-refractivity contribution is -0.177. The van der Waals surface area contributed by atoms with E-state index in [9.17, 15) is 29.7 Å². The molecule has 0 bridgehead atoms. The summed E-state index contributed by atoms with van der Waals surface area (Å²) in [5, 5.41) is 33.9. The van der Waals surface area contributed by atoms with Gasteiger partial charge in [0.25, 0.3) is 0 Å². The molecule has 0 aliphatic heterocycles. The maximum Gasteiger partial charge on any atom is 0.311 e. The predicted octanol–water partition coefficient (Wildman–Crippen LogP) is 5.11. The van der Waals surface area contributed by atoms with Crippen LogP contribution in [0.4, 0.5) is 5.69 Å². The van der Waals surface area contributed by atoms with Gasteiger partial charge in [0.05, 0.1) is 12.0 Å². The van der Waals surface area contributed by atoms with Crippen molar-refractivity contribution in [2.24, 2.45) is 28.6 Å². The molecule has 3 saturated carbocycles. The lowest BCUT2D eigenvalue weighted by Crippen LogP contribution is -2.61. The monoisotopic (exact) mass is 617 g/mol. The molecule has 0 heterocycles. The Morgan fingerprint density at radius 2 is 1.76 bits per heavy atom. The summed E-state index contributed by atoms with van der Waals surface area (Å²) >= 11 is 11.9. The van der Waals surface area contributed by atoms with Gasteiger partial charge in [-0.05, 0) is 73.8 Å². The maximum atomic E-state index is 14.0. The zero-order chi connectivity index (χ0) is 30.4. The van der Waals surface area contributed by atoms with Gasteiger partial charge in [0.1, 0.15) is 5.60 Å². The van der Waals surface area contributed by atoms with Crippen molar-refractivity contribution in [1.82, 2.24) is 0 Å². The molecule has 2 unspecified atom stereocenters. The number of allylic oxidation sites excluding steroid dienone is 4. The van der Waals surface area contributed by atoms with E-state index in [0.29, 0.717) is 36.8 Å². The van der Waals surface area contributed by atoms with Gasteiger partial charge in [-0.1, -0.05) is 37.6 Å². The molecule has 228 valence electrons. The quantitative estimate of drug-likeness (QED) is 0.313. The number of alkyl halides is 2. The third kappa shape index (κ3) is 5.04. The molecular formula is C33H41Cl2NO6. The highest BCUT2D eigenvalue weighted by atomic mass is 35.5. The molecule has 0 aromatic heterocycles. The second-order valence-electron chi connectivity index (χ2n) is 13.1. The van der Waals surface area contributed by atoms with Crippen molar-refractivity contribution in [3.05, 3.63) is 53.6 Å². The number of carboxylic acid groups (broad SMARTS) is 1. The summed E-state index contributed by atoms with van der Waals surface area (Å²) in [6.45, 7) is 5.19. The fourth-order valence-electron chi connectivity index (χ4n) is 8.98. The molecule has 3 N–H and O–H groups in total. The van der Waals surface area contributed by atoms with Crippen LogP contribution in [0.2, 0.25) is 0 Å². The van der Waals surface area contributed by atoms with Gasteiger partial charge in [-0.3, -0.25) is 14.4 Å². The van der Waals surface area contributed by atoms with Crippen LogP contribution in [0.3, 0.4) is 0 Å². The number of benzene rings is 1. The topological polar surface area (TPSA) is 115 Å². The first-order valence-corrected chi connectivity index (χ1v) is 16.0. The van der Waals surface area contributed by atoms with Crippen molar-refractivity contribution >= 4 is 46.4 Å². The fraction of sp³-hybridized carbons (Fsp3) is 0.606. The second-order valence-corrected chi connectivity index (χ2v) is 13.8. The molecule has 0 saturated heterocycles. The normalized spacial score (nSPS) is 36.0. The zero-order valence-electron chi connectivity index (χ0n) is 24.3. The van der Waals surface area contributed by atoms with E-state index in [0.717, 1.165) is 24.1 Å². The van der Waals surface area contributed by atoms with E-state index in [1.165, 1.54) is 0 Å². The third-order valence-electron chi connectivity index (χ3n) is 11.2. The van der Waals surface area contributed by atoms with Crippen molar-refractivity contribution in [2.45, 2.75) is 70.0 Å². The van der Waals surface area contributed by atoms with Crippen LogP contribution in [0.5, 0.6) is 0 Å². The van der Waals surface area contributed by atoms with E-state index in [-0.39, 0.29) is 42.8 Å². The van der Waals surface area contributed by atoms with Gasteiger partial charge >= 0.3 is 5.97 Å². The van der Waals surface area contributed by atoms with Crippen LogP contribution < -0.4 is 4.90 Å². The Morgan fingerprint density at radius 1 is 1.10 bits per heavy atom. The number of aliphatic hydroxyl groups excluding tert-OH is 1. The van der Waals surface area contributed by atoms with Gasteiger partial charge in [-0.15, -0.1) is 23.2 Å². The smallest absolute Gasteiger partial charge is 0.311 e. The van der Waals surface area contributed by atoms with Crippen LogP contribution in [-0.4, -0.2) is 69.4 Å². The lowest BCUT2D eigenvalue weighted by Gasteiger charge is -2.59. The number of rotatable bonds is 10. The molecule has 0 radical (unpaired) electrons. The average Bonchev–Trinajstić information content (AvgIpc) is 3.22. The molecule has 9 heteroatoms. The van der Waals surface area contributed by atoms with E-state index >= 15 is 0 Å². The number of carbonyl (C=O) groups is 3. The Bertz CT molecular complexity index is 1290. The number of aliphatic hydroxyl groups is 2. The first kappa shape index (κ1) is 31.2. The maximum absolute atomic E-state index is 14.0. The summed E-state index contributed by atoms with van der Waals surface area (Å²) in [4.78, 5) is 40.5. The fourth-order valence-corrected chi connectivity index (χ4v) is 9.39. The van der Waals surface area contributed by atoms with Crippen LogP contribution in [0.25, 0.3) is 0 Å². The molecular weight excluding hydrogens is 577 g/mol. The van der Waals surface area contributed by atoms with Gasteiger partial charge in [0.15, 0.2) is 11.6 Å². The highest BCUT2D eigenvalue weighted by Crippen LogP contribution is 2.67. The lowest BCUT2D eigenvalue weighted by atomic mass is 9.46. The molecule has 1 aromatic carbocycles. The molecule has 0 amide bonds. The van der Waals surface area contributed by atoms with Crippen molar-refractivity contribution in [3.63, 3.8) is 0 Å². The summed E-state index contributed by atoms with van der Waals surface area (Å²) in [5.41, 5.74) is -0.654. The number of fused-ring (bicyclic) bond motifs is 5. The largest absolute Gasteiger partial charge is 0.481 e. The van der Waals surface area contributed by atoms with E-state index in [1.807, 2.05) is 30.0 Å². The Kier molecular flexibility index (Phi) is 8.72. The van der Waals surface area contributed by atoms with Crippen LogP contribution >= 0.6 is 23.2 Å². The zero-order valence-corrected chi connectivity index (χ0v) is 25.8. The molecule has 1 aromatic rings. The van der Waals surface area contributed by atoms with Crippen LogP contribution in [0.1, 0.15) is 63.9 Å². The summed E-state index contributed by atoms with van der Waals surface area (Å²) in [6.07, 6.45) is 6.77. The third-order valence-corrected chi connectivity index (χ3v) is 11.5. The van der Waals surface area contributed by atoms with E-state index in [4.69, 9.17) is 23.2 Å².